The van der Waals surface area contributed by atoms with Crippen LogP contribution >= 0.6 is 0 Å². The van der Waals surface area contributed by atoms with Gasteiger partial charge in [0.1, 0.15) is 5.82 Å². The highest BCUT2D eigenvalue weighted by Crippen LogP contribution is 2.07. The van der Waals surface area contributed by atoms with Crippen molar-refractivity contribution in [1.29, 1.82) is 5.26 Å². The Morgan fingerprint density at radius 3 is 2.56 bits per heavy atom. The van der Waals surface area contributed by atoms with Crippen molar-refractivity contribution in [2.24, 2.45) is 0 Å². The van der Waals surface area contributed by atoms with Gasteiger partial charge in [0.2, 0.25) is 5.91 Å². The minimum Gasteiger partial charge on any atom is -0.356 e. The van der Waals surface area contributed by atoms with Crippen LogP contribution < -0.4 is 5.32 Å². The van der Waals surface area contributed by atoms with Crippen LogP contribution in [-0.2, 0) is 24.2 Å². The van der Waals surface area contributed by atoms with Crippen LogP contribution in [0.25, 0.3) is 0 Å². The minimum absolute atomic E-state index is 0.0283. The lowest BCUT2D eigenvalue weighted by atomic mass is 10.1. The van der Waals surface area contributed by atoms with Gasteiger partial charge < -0.3 is 9.88 Å². The third-order valence-corrected chi connectivity index (χ3v) is 4.39. The standard InChI is InChI=1S/C22H22N4O/c23-16-19-8-6-18(7-9-19)10-11-22(27)25-13-12-21-24-14-15-26(21)17-20-4-2-1-3-5-20/h1-9,14-15H,10-13,17H2,(H,25,27). The molecule has 0 fully saturated rings. The van der Waals surface area contributed by atoms with Gasteiger partial charge in [0.15, 0.2) is 0 Å². The summed E-state index contributed by atoms with van der Waals surface area (Å²) < 4.78 is 2.11. The number of carbonyl (C=O) groups is 1. The number of carbonyl (C=O) groups excluding carboxylic acids is 1. The van der Waals surface area contributed by atoms with E-state index in [1.807, 2.05) is 36.5 Å². The van der Waals surface area contributed by atoms with Crippen molar-refractivity contribution in [1.82, 2.24) is 14.9 Å². The van der Waals surface area contributed by atoms with Gasteiger partial charge in [-0.15, -0.1) is 0 Å². The van der Waals surface area contributed by atoms with E-state index in [2.05, 4.69) is 33.1 Å². The van der Waals surface area contributed by atoms with Crippen molar-refractivity contribution in [2.75, 3.05) is 6.54 Å². The molecule has 136 valence electrons. The SMILES string of the molecule is N#Cc1ccc(CCC(=O)NCCc2nccn2Cc2ccccc2)cc1. The van der Waals surface area contributed by atoms with Crippen molar-refractivity contribution >= 4 is 5.91 Å². The van der Waals surface area contributed by atoms with Crippen LogP contribution in [0.1, 0.15) is 28.9 Å². The summed E-state index contributed by atoms with van der Waals surface area (Å²) in [6.07, 6.45) is 5.56. The number of nitrogens with one attached hydrogen (secondary N) is 1. The fourth-order valence-corrected chi connectivity index (χ4v) is 2.90. The molecule has 0 bridgehead atoms. The first-order valence-corrected chi connectivity index (χ1v) is 9.04. The Bertz CT molecular complexity index is 907. The van der Waals surface area contributed by atoms with Crippen molar-refractivity contribution in [3.8, 4) is 6.07 Å². The largest absolute Gasteiger partial charge is 0.356 e. The van der Waals surface area contributed by atoms with Crippen LogP contribution in [0, 0.1) is 11.3 Å². The number of benzene rings is 2. The Hall–Kier alpha value is -3.39. The van der Waals surface area contributed by atoms with Crippen molar-refractivity contribution in [2.45, 2.75) is 25.8 Å². The molecule has 1 aromatic heterocycles. The van der Waals surface area contributed by atoms with Gasteiger partial charge in [-0.3, -0.25) is 4.79 Å². The lowest BCUT2D eigenvalue weighted by molar-refractivity contribution is -0.121. The van der Waals surface area contributed by atoms with Gasteiger partial charge in [-0.1, -0.05) is 42.5 Å². The predicted molar refractivity (Wildman–Crippen MR) is 104 cm³/mol. The molecule has 3 rings (SSSR count). The van der Waals surface area contributed by atoms with Crippen LogP contribution in [0.5, 0.6) is 0 Å². The average molecular weight is 358 g/mol. The Morgan fingerprint density at radius 2 is 1.81 bits per heavy atom. The maximum Gasteiger partial charge on any atom is 0.220 e. The van der Waals surface area contributed by atoms with E-state index in [-0.39, 0.29) is 5.91 Å². The van der Waals surface area contributed by atoms with Gasteiger partial charge in [0, 0.05) is 38.3 Å². The smallest absolute Gasteiger partial charge is 0.220 e. The molecular weight excluding hydrogens is 336 g/mol. The molecular formula is C22H22N4O. The molecule has 1 N–H and O–H groups in total. The van der Waals surface area contributed by atoms with Crippen molar-refractivity contribution in [3.05, 3.63) is 89.5 Å². The van der Waals surface area contributed by atoms with E-state index in [9.17, 15) is 4.79 Å². The fraction of sp³-hybridized carbons (Fsp3) is 0.227. The number of nitriles is 1. The summed E-state index contributed by atoms with van der Waals surface area (Å²) in [7, 11) is 0. The van der Waals surface area contributed by atoms with Crippen LogP contribution in [0.4, 0.5) is 0 Å². The molecule has 0 aliphatic carbocycles. The summed E-state index contributed by atoms with van der Waals surface area (Å²) in [4.78, 5) is 16.5. The van der Waals surface area contributed by atoms with Crippen molar-refractivity contribution < 1.29 is 4.79 Å². The number of rotatable bonds is 8. The second-order valence-corrected chi connectivity index (χ2v) is 6.37. The van der Waals surface area contributed by atoms with Gasteiger partial charge in [-0.25, -0.2) is 4.98 Å². The number of imidazole rings is 1. The normalized spacial score (nSPS) is 10.3. The first kappa shape index (κ1) is 18.4. The van der Waals surface area contributed by atoms with Crippen LogP contribution in [0.15, 0.2) is 67.0 Å². The lowest BCUT2D eigenvalue weighted by Gasteiger charge is -2.09. The first-order chi connectivity index (χ1) is 13.2. The molecule has 0 aliphatic rings. The monoisotopic (exact) mass is 358 g/mol. The number of aryl methyl sites for hydroxylation is 1. The van der Waals surface area contributed by atoms with E-state index in [0.29, 0.717) is 31.4 Å². The molecule has 0 unspecified atom stereocenters. The molecule has 5 nitrogen and oxygen atoms in total. The molecule has 1 amide bonds. The van der Waals surface area contributed by atoms with Crippen LogP contribution in [0.2, 0.25) is 0 Å². The Labute approximate surface area is 159 Å². The summed E-state index contributed by atoms with van der Waals surface area (Å²) in [5.41, 5.74) is 2.92. The highest BCUT2D eigenvalue weighted by Gasteiger charge is 2.06. The Balaban J connectivity index is 1.42. The van der Waals surface area contributed by atoms with Gasteiger partial charge in [-0.2, -0.15) is 5.26 Å². The summed E-state index contributed by atoms with van der Waals surface area (Å²) in [6.45, 7) is 1.35. The van der Waals surface area contributed by atoms with Crippen molar-refractivity contribution in [3.63, 3.8) is 0 Å². The maximum atomic E-state index is 12.1. The zero-order valence-electron chi connectivity index (χ0n) is 15.1. The molecule has 5 heteroatoms. The van der Waals surface area contributed by atoms with E-state index in [1.54, 1.807) is 18.3 Å². The van der Waals surface area contributed by atoms with Gasteiger partial charge in [0.25, 0.3) is 0 Å². The molecule has 0 saturated heterocycles. The number of aromatic nitrogens is 2. The third kappa shape index (κ3) is 5.55. The highest BCUT2D eigenvalue weighted by molar-refractivity contribution is 5.76. The molecule has 27 heavy (non-hydrogen) atoms. The zero-order chi connectivity index (χ0) is 18.9. The quantitative estimate of drug-likeness (QED) is 0.673. The zero-order valence-corrected chi connectivity index (χ0v) is 15.1. The summed E-state index contributed by atoms with van der Waals surface area (Å²) in [6, 6.07) is 19.7. The highest BCUT2D eigenvalue weighted by atomic mass is 16.1. The van der Waals surface area contributed by atoms with E-state index in [4.69, 9.17) is 5.26 Å². The summed E-state index contributed by atoms with van der Waals surface area (Å²) >= 11 is 0. The lowest BCUT2D eigenvalue weighted by Crippen LogP contribution is -2.26. The second-order valence-electron chi connectivity index (χ2n) is 6.37. The molecule has 0 spiro atoms. The summed E-state index contributed by atoms with van der Waals surface area (Å²) in [5.74, 6) is 0.992. The van der Waals surface area contributed by atoms with Gasteiger partial charge >= 0.3 is 0 Å². The maximum absolute atomic E-state index is 12.1. The van der Waals surface area contributed by atoms with Crippen LogP contribution in [-0.4, -0.2) is 22.0 Å². The molecule has 1 heterocycles. The third-order valence-electron chi connectivity index (χ3n) is 4.39. The van der Waals surface area contributed by atoms with Gasteiger partial charge in [-0.05, 0) is 29.7 Å². The molecule has 0 atom stereocenters. The summed E-state index contributed by atoms with van der Waals surface area (Å²) in [5, 5.41) is 11.8. The van der Waals surface area contributed by atoms with Gasteiger partial charge in [0.05, 0.1) is 11.6 Å². The average Bonchev–Trinajstić information content (AvgIpc) is 3.14. The first-order valence-electron chi connectivity index (χ1n) is 9.04. The fourth-order valence-electron chi connectivity index (χ4n) is 2.90. The number of hydrogen-bond donors (Lipinski definition) is 1. The number of amides is 1. The second kappa shape index (κ2) is 9.35. The molecule has 0 aliphatic heterocycles. The van der Waals surface area contributed by atoms with Crippen LogP contribution in [0.3, 0.4) is 0 Å². The topological polar surface area (TPSA) is 70.7 Å². The Kier molecular flexibility index (Phi) is 6.37. The number of nitrogens with zero attached hydrogens (tertiary/aromatic N) is 3. The predicted octanol–water partition coefficient (Wildman–Crippen LogP) is 3.09. The van der Waals surface area contributed by atoms with E-state index in [1.165, 1.54) is 5.56 Å². The number of hydrogen-bond acceptors (Lipinski definition) is 3. The van der Waals surface area contributed by atoms with E-state index in [0.717, 1.165) is 17.9 Å². The van der Waals surface area contributed by atoms with E-state index >= 15 is 0 Å². The minimum atomic E-state index is 0.0283. The molecule has 2 aromatic carbocycles. The molecule has 0 radical (unpaired) electrons. The Morgan fingerprint density at radius 1 is 1.04 bits per heavy atom. The molecule has 3 aromatic rings. The van der Waals surface area contributed by atoms with E-state index < -0.39 is 0 Å². The molecule has 0 saturated carbocycles.